The normalized spacial score (nSPS) is 30.1. The van der Waals surface area contributed by atoms with Crippen molar-refractivity contribution in [2.45, 2.75) is 142 Å². The van der Waals surface area contributed by atoms with Gasteiger partial charge in [0.15, 0.2) is 0 Å². The minimum Gasteiger partial charge on any atom is -0.469 e. The molecule has 2 heteroatoms. The van der Waals surface area contributed by atoms with E-state index in [4.69, 9.17) is 4.74 Å². The molecule has 0 aromatic heterocycles. The van der Waals surface area contributed by atoms with E-state index >= 15 is 0 Å². The molecule has 3 saturated carbocycles. The number of carbonyl (C=O) groups is 1. The molecule has 3 aliphatic rings. The number of hydrogen-bond donors (Lipinski definition) is 0. The van der Waals surface area contributed by atoms with E-state index < -0.39 is 0 Å². The van der Waals surface area contributed by atoms with Crippen LogP contribution in [0.2, 0.25) is 0 Å². The second kappa shape index (κ2) is 11.9. The van der Waals surface area contributed by atoms with Gasteiger partial charge in [0.05, 0.1) is 12.5 Å². The van der Waals surface area contributed by atoms with Crippen LogP contribution in [0.5, 0.6) is 0 Å². The number of methoxy groups -OCH3 is 1. The third-order valence-corrected chi connectivity index (χ3v) is 9.61. The number of rotatable bonds is 10. The van der Waals surface area contributed by atoms with E-state index in [2.05, 4.69) is 6.92 Å². The molecule has 0 saturated heterocycles. The molecule has 2 nitrogen and oxygen atoms in total. The van der Waals surface area contributed by atoms with Gasteiger partial charge in [0.1, 0.15) is 0 Å². The zero-order valence-corrected chi connectivity index (χ0v) is 20.3. The lowest BCUT2D eigenvalue weighted by Crippen LogP contribution is -2.51. The lowest BCUT2D eigenvalue weighted by Gasteiger charge is -2.55. The van der Waals surface area contributed by atoms with E-state index in [-0.39, 0.29) is 16.8 Å². The van der Waals surface area contributed by atoms with Gasteiger partial charge < -0.3 is 4.74 Å². The predicted octanol–water partition coefficient (Wildman–Crippen LogP) is 8.62. The van der Waals surface area contributed by atoms with Crippen molar-refractivity contribution < 1.29 is 9.53 Å². The number of hydrogen-bond acceptors (Lipinski definition) is 2. The number of esters is 1. The van der Waals surface area contributed by atoms with E-state index in [9.17, 15) is 4.79 Å². The lowest BCUT2D eigenvalue weighted by molar-refractivity contribution is -0.172. The Labute approximate surface area is 187 Å². The molecule has 30 heavy (non-hydrogen) atoms. The number of carbonyl (C=O) groups excluding carboxylic acids is 1. The van der Waals surface area contributed by atoms with Crippen molar-refractivity contribution in [2.75, 3.05) is 7.11 Å². The fourth-order valence-corrected chi connectivity index (χ4v) is 7.78. The SMILES string of the molecule is CCCCCCCC[C@]1(C2(C(=O)OC)CCCCC2)CC[C@@H](C2CCCCC2)CC1. The fourth-order valence-electron chi connectivity index (χ4n) is 7.78. The Hall–Kier alpha value is -0.530. The zero-order chi connectivity index (χ0) is 21.3. The Bertz CT molecular complexity index is 491. The number of unbranched alkanes of at least 4 members (excludes halogenated alkanes) is 5. The van der Waals surface area contributed by atoms with Gasteiger partial charge in [-0.25, -0.2) is 0 Å². The first-order valence-corrected chi connectivity index (χ1v) is 13.8. The minimum absolute atomic E-state index is 0.143. The monoisotopic (exact) mass is 418 g/mol. The van der Waals surface area contributed by atoms with Gasteiger partial charge in [-0.2, -0.15) is 0 Å². The van der Waals surface area contributed by atoms with Crippen molar-refractivity contribution in [1.82, 2.24) is 0 Å². The van der Waals surface area contributed by atoms with Crippen molar-refractivity contribution in [3.05, 3.63) is 0 Å². The lowest BCUT2D eigenvalue weighted by atomic mass is 9.49. The molecule has 0 atom stereocenters. The summed E-state index contributed by atoms with van der Waals surface area (Å²) < 4.78 is 5.53. The molecule has 0 heterocycles. The molecule has 0 amide bonds. The van der Waals surface area contributed by atoms with Crippen LogP contribution in [0.1, 0.15) is 142 Å². The average molecular weight is 419 g/mol. The molecule has 0 unspecified atom stereocenters. The maximum absolute atomic E-state index is 13.3. The zero-order valence-electron chi connectivity index (χ0n) is 20.3. The van der Waals surface area contributed by atoms with Gasteiger partial charge in [-0.15, -0.1) is 0 Å². The molecule has 0 N–H and O–H groups in total. The summed E-state index contributed by atoms with van der Waals surface area (Å²) in [4.78, 5) is 13.3. The van der Waals surface area contributed by atoms with Gasteiger partial charge in [-0.05, 0) is 62.2 Å². The van der Waals surface area contributed by atoms with Crippen LogP contribution in [0, 0.1) is 22.7 Å². The summed E-state index contributed by atoms with van der Waals surface area (Å²) in [7, 11) is 1.64. The first-order valence-electron chi connectivity index (χ1n) is 13.8. The smallest absolute Gasteiger partial charge is 0.312 e. The van der Waals surface area contributed by atoms with Crippen molar-refractivity contribution in [1.29, 1.82) is 0 Å². The summed E-state index contributed by atoms with van der Waals surface area (Å²) in [6.45, 7) is 2.29. The molecule has 0 aliphatic heterocycles. The molecular weight excluding hydrogens is 368 g/mol. The van der Waals surface area contributed by atoms with Crippen LogP contribution in [-0.4, -0.2) is 13.1 Å². The molecule has 0 radical (unpaired) electrons. The Morgan fingerprint density at radius 2 is 1.30 bits per heavy atom. The maximum Gasteiger partial charge on any atom is 0.312 e. The van der Waals surface area contributed by atoms with Crippen molar-refractivity contribution in [3.8, 4) is 0 Å². The van der Waals surface area contributed by atoms with Crippen LogP contribution in [0.15, 0.2) is 0 Å². The highest BCUT2D eigenvalue weighted by Crippen LogP contribution is 2.61. The molecule has 174 valence electrons. The van der Waals surface area contributed by atoms with Crippen LogP contribution >= 0.6 is 0 Å². The van der Waals surface area contributed by atoms with Gasteiger partial charge in [0.25, 0.3) is 0 Å². The summed E-state index contributed by atoms with van der Waals surface area (Å²) in [5.74, 6) is 2.05. The topological polar surface area (TPSA) is 26.3 Å². The van der Waals surface area contributed by atoms with Crippen LogP contribution in [0.3, 0.4) is 0 Å². The number of ether oxygens (including phenoxy) is 1. The Morgan fingerprint density at radius 3 is 1.93 bits per heavy atom. The third kappa shape index (κ3) is 5.44. The highest BCUT2D eigenvalue weighted by Gasteiger charge is 2.57. The molecular formula is C28H50O2. The van der Waals surface area contributed by atoms with Gasteiger partial charge in [-0.1, -0.05) is 96.8 Å². The van der Waals surface area contributed by atoms with E-state index in [1.165, 1.54) is 122 Å². The summed E-state index contributed by atoms with van der Waals surface area (Å²) >= 11 is 0. The van der Waals surface area contributed by atoms with Crippen molar-refractivity contribution >= 4 is 5.97 Å². The average Bonchev–Trinajstić information content (AvgIpc) is 2.82. The minimum atomic E-state index is -0.180. The standard InChI is InChI=1S/C28H50O2/c1-3-4-5-6-7-12-19-27(28(26(29)30-2)20-13-9-14-21-28)22-17-25(18-23-27)24-15-10-8-11-16-24/h24-25H,3-23H2,1-2H3/t25-,27+. The molecule has 3 aliphatic carbocycles. The van der Waals surface area contributed by atoms with E-state index in [0.29, 0.717) is 0 Å². The van der Waals surface area contributed by atoms with Gasteiger partial charge in [-0.3, -0.25) is 4.79 Å². The van der Waals surface area contributed by atoms with Crippen molar-refractivity contribution in [2.24, 2.45) is 22.7 Å². The first-order chi connectivity index (χ1) is 14.7. The van der Waals surface area contributed by atoms with E-state index in [1.54, 1.807) is 7.11 Å². The van der Waals surface area contributed by atoms with Gasteiger partial charge in [0.2, 0.25) is 0 Å². The van der Waals surface area contributed by atoms with Crippen molar-refractivity contribution in [3.63, 3.8) is 0 Å². The molecule has 3 rings (SSSR count). The summed E-state index contributed by atoms with van der Waals surface area (Å²) in [6.07, 6.45) is 27.9. The van der Waals surface area contributed by atoms with E-state index in [0.717, 1.165) is 24.7 Å². The molecule has 0 bridgehead atoms. The predicted molar refractivity (Wildman–Crippen MR) is 126 cm³/mol. The Kier molecular flexibility index (Phi) is 9.58. The van der Waals surface area contributed by atoms with Crippen LogP contribution < -0.4 is 0 Å². The van der Waals surface area contributed by atoms with Crippen LogP contribution in [-0.2, 0) is 9.53 Å². The van der Waals surface area contributed by atoms with E-state index in [1.807, 2.05) is 0 Å². The second-order valence-electron chi connectivity index (χ2n) is 11.2. The fraction of sp³-hybridized carbons (Fsp3) is 0.964. The summed E-state index contributed by atoms with van der Waals surface area (Å²) in [6, 6.07) is 0. The molecule has 0 aromatic rings. The quantitative estimate of drug-likeness (QED) is 0.262. The Morgan fingerprint density at radius 1 is 0.733 bits per heavy atom. The summed E-state index contributed by atoms with van der Waals surface area (Å²) in [5.41, 5.74) is 0.0391. The second-order valence-corrected chi connectivity index (χ2v) is 11.2. The van der Waals surface area contributed by atoms with Gasteiger partial charge >= 0.3 is 5.97 Å². The molecule has 0 aromatic carbocycles. The highest BCUT2D eigenvalue weighted by molar-refractivity contribution is 5.78. The Balaban J connectivity index is 1.70. The van der Waals surface area contributed by atoms with Crippen LogP contribution in [0.4, 0.5) is 0 Å². The molecule has 3 fully saturated rings. The van der Waals surface area contributed by atoms with Gasteiger partial charge in [0, 0.05) is 0 Å². The first kappa shape index (κ1) is 24.1. The largest absolute Gasteiger partial charge is 0.469 e. The maximum atomic E-state index is 13.3. The van der Waals surface area contributed by atoms with Crippen LogP contribution in [0.25, 0.3) is 0 Å². The third-order valence-electron chi connectivity index (χ3n) is 9.61. The highest BCUT2D eigenvalue weighted by atomic mass is 16.5. The summed E-state index contributed by atoms with van der Waals surface area (Å²) in [5, 5.41) is 0. The molecule has 0 spiro atoms.